The predicted molar refractivity (Wildman–Crippen MR) is 118 cm³/mol. The van der Waals surface area contributed by atoms with Crippen LogP contribution >= 0.6 is 0 Å². The lowest BCUT2D eigenvalue weighted by Gasteiger charge is -2.35. The molecule has 0 spiro atoms. The molecule has 4 rings (SSSR count). The second-order valence-corrected chi connectivity index (χ2v) is 8.48. The van der Waals surface area contributed by atoms with E-state index < -0.39 is 11.6 Å². The van der Waals surface area contributed by atoms with E-state index in [2.05, 4.69) is 5.32 Å². The summed E-state index contributed by atoms with van der Waals surface area (Å²) in [4.78, 5) is 17.1. The van der Waals surface area contributed by atoms with Crippen LogP contribution in [0.3, 0.4) is 0 Å². The van der Waals surface area contributed by atoms with Gasteiger partial charge in [-0.05, 0) is 61.1 Å². The third kappa shape index (κ3) is 4.66. The van der Waals surface area contributed by atoms with Crippen molar-refractivity contribution in [1.82, 2.24) is 9.80 Å². The Morgan fingerprint density at radius 3 is 2.31 bits per heavy atom. The van der Waals surface area contributed by atoms with Crippen LogP contribution in [0.2, 0.25) is 0 Å². The Morgan fingerprint density at radius 2 is 1.66 bits per heavy atom. The summed E-state index contributed by atoms with van der Waals surface area (Å²) < 4.78 is 40.8. The summed E-state index contributed by atoms with van der Waals surface area (Å²) >= 11 is 0. The molecule has 0 aliphatic carbocycles. The van der Waals surface area contributed by atoms with E-state index >= 15 is 0 Å². The minimum Gasteiger partial charge on any atom is -0.376 e. The largest absolute Gasteiger partial charge is 0.376 e. The molecule has 0 radical (unpaired) electrons. The monoisotopic (exact) mass is 441 g/mol. The molecule has 2 heterocycles. The summed E-state index contributed by atoms with van der Waals surface area (Å²) in [6.07, 6.45) is 3.35. The number of piperidine rings is 1. The van der Waals surface area contributed by atoms with Crippen molar-refractivity contribution in [2.45, 2.75) is 25.7 Å². The van der Waals surface area contributed by atoms with Crippen molar-refractivity contribution in [2.24, 2.45) is 0 Å². The first-order valence-corrected chi connectivity index (χ1v) is 10.7. The van der Waals surface area contributed by atoms with E-state index in [4.69, 9.17) is 0 Å². The molecule has 1 saturated heterocycles. The van der Waals surface area contributed by atoms with Gasteiger partial charge in [0.1, 0.15) is 17.5 Å². The van der Waals surface area contributed by atoms with Crippen molar-refractivity contribution in [2.75, 3.05) is 32.0 Å². The molecule has 1 N–H and O–H groups in total. The number of anilines is 1. The quantitative estimate of drug-likeness (QED) is 0.723. The van der Waals surface area contributed by atoms with Gasteiger partial charge in [0.25, 0.3) is 5.91 Å². The van der Waals surface area contributed by atoms with Crippen molar-refractivity contribution in [1.29, 1.82) is 0 Å². The zero-order valence-corrected chi connectivity index (χ0v) is 18.2. The highest BCUT2D eigenvalue weighted by atomic mass is 19.1. The molecular weight excluding hydrogens is 415 g/mol. The average Bonchev–Trinajstić information content (AvgIpc) is 2.77. The van der Waals surface area contributed by atoms with Gasteiger partial charge in [0.15, 0.2) is 0 Å². The molecule has 1 amide bonds. The highest BCUT2D eigenvalue weighted by Crippen LogP contribution is 2.31. The number of carbonyl (C=O) groups excluding carboxylic acids is 1. The topological polar surface area (TPSA) is 35.6 Å². The lowest BCUT2D eigenvalue weighted by molar-refractivity contribution is -0.128. The number of nitrogens with one attached hydrogen (secondary N) is 1. The molecule has 0 bridgehead atoms. The van der Waals surface area contributed by atoms with E-state index in [1.54, 1.807) is 11.1 Å². The number of carbonyl (C=O) groups is 1. The zero-order valence-electron chi connectivity index (χ0n) is 18.2. The Hall–Kier alpha value is -3.22. The summed E-state index contributed by atoms with van der Waals surface area (Å²) in [7, 11) is 1.88. The number of likely N-dealkylation sites (N-methyl/N-ethyl adjacent to an activating group) is 1. The van der Waals surface area contributed by atoms with E-state index in [1.807, 2.05) is 31.0 Å². The number of halogens is 3. The van der Waals surface area contributed by atoms with Gasteiger partial charge in [-0.15, -0.1) is 0 Å². The Bertz CT molecular complexity index is 1070. The molecule has 2 aliphatic heterocycles. The van der Waals surface area contributed by atoms with E-state index in [-0.39, 0.29) is 23.3 Å². The molecule has 0 aromatic heterocycles. The fourth-order valence-electron chi connectivity index (χ4n) is 4.40. The Kier molecular flexibility index (Phi) is 6.26. The number of rotatable bonds is 4. The fraction of sp³-hybridized carbons (Fsp3) is 0.320. The second kappa shape index (κ2) is 9.10. The molecule has 0 atom stereocenters. The third-order valence-electron chi connectivity index (χ3n) is 6.08. The lowest BCUT2D eigenvalue weighted by atomic mass is 9.89. The highest BCUT2D eigenvalue weighted by Gasteiger charge is 2.30. The number of likely N-dealkylation sites (tertiary alicyclic amines) is 1. The molecule has 4 nitrogen and oxygen atoms in total. The molecule has 2 aromatic carbocycles. The van der Waals surface area contributed by atoms with Crippen molar-refractivity contribution < 1.29 is 18.0 Å². The molecular formula is C25H26F3N3O. The van der Waals surface area contributed by atoms with Gasteiger partial charge in [-0.1, -0.05) is 12.1 Å². The predicted octanol–water partition coefficient (Wildman–Crippen LogP) is 5.03. The van der Waals surface area contributed by atoms with Crippen molar-refractivity contribution in [3.05, 3.63) is 88.5 Å². The van der Waals surface area contributed by atoms with E-state index in [0.29, 0.717) is 30.9 Å². The average molecular weight is 441 g/mol. The van der Waals surface area contributed by atoms with Crippen molar-refractivity contribution in [3.63, 3.8) is 0 Å². The molecule has 168 valence electrons. The molecule has 2 aliphatic rings. The maximum Gasteiger partial charge on any atom is 0.257 e. The van der Waals surface area contributed by atoms with Gasteiger partial charge < -0.3 is 15.1 Å². The summed E-state index contributed by atoms with van der Waals surface area (Å²) in [6.45, 7) is 3.65. The molecule has 0 unspecified atom stereocenters. The summed E-state index contributed by atoms with van der Waals surface area (Å²) in [5.41, 5.74) is 3.11. The van der Waals surface area contributed by atoms with Crippen LogP contribution in [0.5, 0.6) is 0 Å². The van der Waals surface area contributed by atoms with Gasteiger partial charge in [0.05, 0.1) is 17.0 Å². The van der Waals surface area contributed by atoms with Crippen LogP contribution in [-0.2, 0) is 4.79 Å². The molecule has 7 heteroatoms. The standard InChI is InChI=1S/C25H26F3N3O/c1-16-14-30(2)15-21(24(16)29-23-8-7-20(27)13-22(23)28)25(32)31-11-9-18(10-12-31)17-3-5-19(26)6-4-17/h3-8,13,15,18,29H,9-12,14H2,1-2H3. The summed E-state index contributed by atoms with van der Waals surface area (Å²) in [5.74, 6) is -1.46. The van der Waals surface area contributed by atoms with Crippen LogP contribution in [0.4, 0.5) is 18.9 Å². The van der Waals surface area contributed by atoms with Crippen molar-refractivity contribution in [3.8, 4) is 0 Å². The first kappa shape index (κ1) is 22.0. The minimum absolute atomic E-state index is 0.124. The molecule has 32 heavy (non-hydrogen) atoms. The van der Waals surface area contributed by atoms with Gasteiger partial charge in [-0.25, -0.2) is 13.2 Å². The zero-order chi connectivity index (χ0) is 22.8. The first-order chi connectivity index (χ1) is 15.3. The molecule has 0 saturated carbocycles. The Labute approximate surface area is 186 Å². The second-order valence-electron chi connectivity index (χ2n) is 8.48. The van der Waals surface area contributed by atoms with E-state index in [0.717, 1.165) is 30.0 Å². The first-order valence-electron chi connectivity index (χ1n) is 10.7. The maximum atomic E-state index is 14.2. The van der Waals surface area contributed by atoms with Gasteiger partial charge in [-0.2, -0.15) is 0 Å². The normalized spacial score (nSPS) is 17.5. The third-order valence-corrected chi connectivity index (χ3v) is 6.08. The van der Waals surface area contributed by atoms with Crippen LogP contribution in [0.15, 0.2) is 65.5 Å². The molecule has 2 aromatic rings. The number of hydrogen-bond acceptors (Lipinski definition) is 3. The number of nitrogens with zero attached hydrogens (tertiary/aromatic N) is 2. The Morgan fingerprint density at radius 1 is 1.00 bits per heavy atom. The maximum absolute atomic E-state index is 14.2. The van der Waals surface area contributed by atoms with E-state index in [1.165, 1.54) is 24.3 Å². The number of hydrogen-bond donors (Lipinski definition) is 1. The fourth-order valence-corrected chi connectivity index (χ4v) is 4.40. The van der Waals surface area contributed by atoms with Crippen LogP contribution in [0.1, 0.15) is 31.2 Å². The summed E-state index contributed by atoms with van der Waals surface area (Å²) in [5, 5.41) is 3.02. The van der Waals surface area contributed by atoms with Crippen LogP contribution < -0.4 is 5.32 Å². The van der Waals surface area contributed by atoms with Gasteiger partial charge in [-0.3, -0.25) is 4.79 Å². The highest BCUT2D eigenvalue weighted by molar-refractivity contribution is 5.99. The number of benzene rings is 2. The molecule has 1 fully saturated rings. The lowest BCUT2D eigenvalue weighted by Crippen LogP contribution is -2.41. The van der Waals surface area contributed by atoms with Gasteiger partial charge in [0, 0.05) is 38.9 Å². The van der Waals surface area contributed by atoms with Crippen LogP contribution in [0, 0.1) is 17.5 Å². The van der Waals surface area contributed by atoms with Gasteiger partial charge >= 0.3 is 0 Å². The number of amides is 1. The smallest absolute Gasteiger partial charge is 0.257 e. The summed E-state index contributed by atoms with van der Waals surface area (Å²) in [6, 6.07) is 9.88. The van der Waals surface area contributed by atoms with Crippen LogP contribution in [0.25, 0.3) is 0 Å². The van der Waals surface area contributed by atoms with Crippen LogP contribution in [-0.4, -0.2) is 42.4 Å². The Balaban J connectivity index is 1.50. The van der Waals surface area contributed by atoms with E-state index in [9.17, 15) is 18.0 Å². The van der Waals surface area contributed by atoms with Gasteiger partial charge in [0.2, 0.25) is 0 Å². The van der Waals surface area contributed by atoms with Crippen molar-refractivity contribution >= 4 is 11.6 Å². The minimum atomic E-state index is -0.712. The SMILES string of the molecule is CC1=C(Nc2ccc(F)cc2F)C(C(=O)N2CCC(c3ccc(F)cc3)CC2)=CN(C)C1.